The van der Waals surface area contributed by atoms with Crippen LogP contribution >= 0.6 is 0 Å². The van der Waals surface area contributed by atoms with Gasteiger partial charge in [-0.2, -0.15) is 0 Å². The Morgan fingerprint density at radius 2 is 0.437 bits per heavy atom. The Balaban J connectivity index is -0.000000424. The summed E-state index contributed by atoms with van der Waals surface area (Å²) in [6.07, 6.45) is 0. The van der Waals surface area contributed by atoms with E-state index in [1.165, 1.54) is 0 Å². The molecule has 0 saturated carbocycles. The van der Waals surface area contributed by atoms with Crippen LogP contribution in [-0.4, -0.2) is 197 Å². The summed E-state index contributed by atoms with van der Waals surface area (Å²) in [6.45, 7) is 49.8. The van der Waals surface area contributed by atoms with Crippen molar-refractivity contribution in [2.24, 2.45) is 0 Å². The van der Waals surface area contributed by atoms with Gasteiger partial charge < -0.3 is 81.9 Å². The van der Waals surface area contributed by atoms with Crippen LogP contribution in [0.4, 0.5) is 0 Å². The Hall–Kier alpha value is 2.06. The fourth-order valence-electron chi connectivity index (χ4n) is 6.63. The molecule has 434 valence electrons. The third kappa shape index (κ3) is 36.8. The van der Waals surface area contributed by atoms with Crippen molar-refractivity contribution in [2.75, 3.05) is 85.3 Å². The Bertz CT molecular complexity index is 1220. The first-order chi connectivity index (χ1) is 31.5. The molecule has 0 N–H and O–H groups in total. The first kappa shape index (κ1) is 79.5. The van der Waals surface area contributed by atoms with E-state index in [1.807, 2.05) is 6.92 Å². The van der Waals surface area contributed by atoms with Crippen LogP contribution in [0.15, 0.2) is 0 Å². The van der Waals surface area contributed by atoms with Gasteiger partial charge in [0.15, 0.2) is 58.2 Å². The minimum atomic E-state index is -3.09. The molecule has 0 fully saturated rings. The van der Waals surface area contributed by atoms with Crippen LogP contribution in [0.1, 0.15) is 6.92 Å². The van der Waals surface area contributed by atoms with E-state index in [0.717, 1.165) is 0 Å². The van der Waals surface area contributed by atoms with Crippen LogP contribution in [0, 0.1) is 0 Å². The van der Waals surface area contributed by atoms with Gasteiger partial charge in [0.25, 0.3) is 0 Å². The Labute approximate surface area is 450 Å². The maximum atomic E-state index is 6.47. The summed E-state index contributed by atoms with van der Waals surface area (Å²) in [6, 6.07) is 1.77. The lowest BCUT2D eigenvalue weighted by Gasteiger charge is -2.43. The molecule has 0 aliphatic rings. The van der Waals surface area contributed by atoms with E-state index in [2.05, 4.69) is 144 Å². The van der Waals surface area contributed by atoms with Gasteiger partial charge in [-0.25, -0.2) is 0 Å². The molecule has 0 aromatic rings. The summed E-state index contributed by atoms with van der Waals surface area (Å²) in [5.74, 6) is 0. The van der Waals surface area contributed by atoms with Gasteiger partial charge in [-0.05, 0) is 137 Å². The fraction of sp³-hybridized carbons (Fsp3) is 1.00. The predicted octanol–water partition coefficient (Wildman–Crippen LogP) is 10.8. The zero-order chi connectivity index (χ0) is 57.6. The predicted molar refractivity (Wildman–Crippen MR) is 319 cm³/mol. The van der Waals surface area contributed by atoms with Gasteiger partial charge >= 0.3 is 53.1 Å². The van der Waals surface area contributed by atoms with Gasteiger partial charge in [0.1, 0.15) is 0 Å². The van der Waals surface area contributed by atoms with E-state index < -0.39 is 111 Å². The Morgan fingerprint density at radius 3 is 0.577 bits per heavy atom. The molecular weight excluding hydrogens is 1140 g/mol. The molecule has 0 aliphatic carbocycles. The molecule has 19 nitrogen and oxygen atoms in total. The second-order valence-corrected chi connectivity index (χ2v) is 74.2. The molecule has 1 atom stereocenters. The van der Waals surface area contributed by atoms with E-state index >= 15 is 0 Å². The summed E-state index contributed by atoms with van der Waals surface area (Å²) in [7, 11) is -9.32. The number of rotatable bonds is 32. The smallest absolute Gasteiger partial charge is 0.417 e. The van der Waals surface area contributed by atoms with Crippen molar-refractivity contribution in [1.29, 1.82) is 0 Å². The summed E-state index contributed by atoms with van der Waals surface area (Å²) in [5.41, 5.74) is 0.0222. The molecule has 32 heteroatoms. The summed E-state index contributed by atoms with van der Waals surface area (Å²) < 4.78 is 109. The highest BCUT2D eigenvalue weighted by Crippen LogP contribution is 2.34. The van der Waals surface area contributed by atoms with Gasteiger partial charge in [0, 0.05) is 116 Å². The van der Waals surface area contributed by atoms with Gasteiger partial charge in [0.2, 0.25) is 0 Å². The van der Waals surface area contributed by atoms with Crippen LogP contribution in [-0.2, 0) is 81.9 Å². The average molecular weight is 1250 g/mol. The quantitative estimate of drug-likeness (QED) is 0.0581. The molecule has 0 bridgehead atoms. The maximum Gasteiger partial charge on any atom is 0.636 e. The second-order valence-electron chi connectivity index (χ2n) is 23.6. The Kier molecular flexibility index (Phi) is 36.9. The highest BCUT2D eigenvalue weighted by Gasteiger charge is 2.56. The third-order valence-electron chi connectivity index (χ3n) is 8.75. The molecular formula is C39H112O19Si13. The molecule has 0 rings (SSSR count). The normalized spacial score (nSPS) is 14.7. The lowest BCUT2D eigenvalue weighted by molar-refractivity contribution is 0.0995. The molecule has 0 spiro atoms. The van der Waals surface area contributed by atoms with Crippen molar-refractivity contribution in [3.63, 3.8) is 0 Å². The monoisotopic (exact) mass is 1250 g/mol. The Morgan fingerprint density at radius 1 is 0.254 bits per heavy atom. The maximum absolute atomic E-state index is 6.47. The third-order valence-corrected chi connectivity index (χ3v) is 46.8. The summed E-state index contributed by atoms with van der Waals surface area (Å²) in [5, 5.41) is 0. The molecule has 0 aromatic heterocycles. The van der Waals surface area contributed by atoms with Crippen molar-refractivity contribution in [3.05, 3.63) is 0 Å². The first-order valence-electron chi connectivity index (χ1n) is 24.0. The highest BCUT2D eigenvalue weighted by molar-refractivity contribution is 6.92. The van der Waals surface area contributed by atoms with E-state index in [1.54, 1.807) is 85.3 Å². The summed E-state index contributed by atoms with van der Waals surface area (Å²) in [4.78, 5) is 0. The van der Waals surface area contributed by atoms with Crippen molar-refractivity contribution >= 4 is 111 Å². The zero-order valence-corrected chi connectivity index (χ0v) is 65.0. The van der Waals surface area contributed by atoms with Gasteiger partial charge in [0.05, 0.1) is 0 Å². The van der Waals surface area contributed by atoms with Crippen LogP contribution in [0.5, 0.6) is 0 Å². The first-order valence-corrected chi connectivity index (χ1v) is 59.4. The lowest BCUT2D eigenvalue weighted by Crippen LogP contribution is -2.65. The minimum absolute atomic E-state index is 0.0222. The van der Waals surface area contributed by atoms with E-state index in [0.29, 0.717) is 18.1 Å². The standard InChI is InChI=1S/C12H36O4Si5.C10H30O3Si4.C9H24O6Si2.C8H22O6Si2/c1-17(2,3)13-21(14-18(4,5)6,15-19(7,8)9)16-20(10,11)12;1-14(2,3)11-17(10,12-15(4,5)6)13-16(7,8)9;1-9(17(13-5,14-6)15-7)8-16(10-2,11-3)12-4;1-9-15(10-2,11-3)7-8-16(12-4,13-5)14-6/h1-12H3;1-10H3;9H,8H2,1-7H3;7-8H2,1-6H3. The van der Waals surface area contributed by atoms with E-state index in [-0.39, 0.29) is 5.54 Å². The summed E-state index contributed by atoms with van der Waals surface area (Å²) >= 11 is 0. The molecule has 71 heavy (non-hydrogen) atoms. The molecule has 0 amide bonds. The number of hydrogen-bond acceptors (Lipinski definition) is 19. The van der Waals surface area contributed by atoms with Crippen molar-refractivity contribution in [2.45, 2.75) is 175 Å². The van der Waals surface area contributed by atoms with E-state index in [4.69, 9.17) is 81.9 Å². The molecule has 0 radical (unpaired) electrons. The minimum Gasteiger partial charge on any atom is -0.417 e. The van der Waals surface area contributed by atoms with Crippen LogP contribution in [0.3, 0.4) is 0 Å². The molecule has 0 saturated heterocycles. The SMILES string of the molecule is CO[Si](CC(C)[Si](OC)(OC)OC)(OC)OC.CO[Si](CC[Si](OC)(OC)OC)(OC)OC.C[Si](C)(C)O[Si](C)(O[Si](C)(C)C)O[Si](C)(C)C.C[Si](C)(C)O[Si](O[Si](C)(C)C)(O[Si](C)(C)C)O[Si](C)(C)C. The topological polar surface area (TPSA) is 175 Å². The second kappa shape index (κ2) is 33.0. The molecule has 0 heterocycles. The van der Waals surface area contributed by atoms with Crippen molar-refractivity contribution in [1.82, 2.24) is 0 Å². The van der Waals surface area contributed by atoms with Gasteiger partial charge in [-0.3, -0.25) is 0 Å². The van der Waals surface area contributed by atoms with Gasteiger partial charge in [-0.15, -0.1) is 0 Å². The molecule has 0 aliphatic heterocycles. The fourth-order valence-corrected chi connectivity index (χ4v) is 46.7. The van der Waals surface area contributed by atoms with Crippen LogP contribution in [0.25, 0.3) is 0 Å². The van der Waals surface area contributed by atoms with Gasteiger partial charge in [-0.1, -0.05) is 6.92 Å². The van der Waals surface area contributed by atoms with Crippen LogP contribution < -0.4 is 0 Å². The van der Waals surface area contributed by atoms with Crippen molar-refractivity contribution < 1.29 is 81.9 Å². The van der Waals surface area contributed by atoms with Crippen LogP contribution in [0.2, 0.25) is 168 Å². The largest absolute Gasteiger partial charge is 0.636 e. The molecule has 0 aromatic carbocycles. The lowest BCUT2D eigenvalue weighted by atomic mass is 10.6. The van der Waals surface area contributed by atoms with Crippen molar-refractivity contribution in [3.8, 4) is 0 Å². The highest BCUT2D eigenvalue weighted by atomic mass is 28.5. The zero-order valence-electron chi connectivity index (χ0n) is 52.0. The molecule has 1 unspecified atom stereocenters. The number of hydrogen-bond donors (Lipinski definition) is 0. The van der Waals surface area contributed by atoms with E-state index in [9.17, 15) is 0 Å². The average Bonchev–Trinajstić information content (AvgIpc) is 3.15.